The van der Waals surface area contributed by atoms with E-state index in [4.69, 9.17) is 0 Å². The van der Waals surface area contributed by atoms with Gasteiger partial charge in [0, 0.05) is 12.6 Å². The number of carbonyl (C=O) groups excluding carboxylic acids is 2. The highest BCUT2D eigenvalue weighted by Crippen LogP contribution is 2.26. The third kappa shape index (κ3) is 4.25. The number of thiophene rings is 1. The molecule has 2 heterocycles. The Hall–Kier alpha value is -2.22. The second-order valence-corrected chi connectivity index (χ2v) is 7.05. The minimum absolute atomic E-state index is 0.0593. The maximum absolute atomic E-state index is 12.7. The van der Waals surface area contributed by atoms with Gasteiger partial charge in [0.1, 0.15) is 11.4 Å². The molecule has 0 aliphatic rings. The molecule has 2 amide bonds. The average Bonchev–Trinajstić information content (AvgIpc) is 2.93. The summed E-state index contributed by atoms with van der Waals surface area (Å²) < 4.78 is 1.28. The lowest BCUT2D eigenvalue weighted by Crippen LogP contribution is -2.33. The van der Waals surface area contributed by atoms with Crippen molar-refractivity contribution in [2.45, 2.75) is 53.1 Å². The summed E-state index contributed by atoms with van der Waals surface area (Å²) in [4.78, 5) is 42.2. The van der Waals surface area contributed by atoms with E-state index in [-0.39, 0.29) is 30.0 Å². The van der Waals surface area contributed by atoms with Gasteiger partial charge in [0.25, 0.3) is 11.5 Å². The normalized spacial score (nSPS) is 12.2. The first-order chi connectivity index (χ1) is 11.9. The highest BCUT2D eigenvalue weighted by Gasteiger charge is 2.20. The topological polar surface area (TPSA) is 93.1 Å². The van der Waals surface area contributed by atoms with Crippen molar-refractivity contribution in [3.8, 4) is 0 Å². The van der Waals surface area contributed by atoms with Gasteiger partial charge in [0.05, 0.1) is 16.6 Å². The van der Waals surface area contributed by atoms with Crippen molar-refractivity contribution >= 4 is 33.4 Å². The second kappa shape index (κ2) is 8.24. The first kappa shape index (κ1) is 19.1. The van der Waals surface area contributed by atoms with Gasteiger partial charge in [0.15, 0.2) is 0 Å². The number of carbonyl (C=O) groups is 2. The van der Waals surface area contributed by atoms with Crippen LogP contribution in [-0.4, -0.2) is 34.0 Å². The van der Waals surface area contributed by atoms with Crippen LogP contribution >= 0.6 is 11.3 Å². The number of amides is 2. The fourth-order valence-electron chi connectivity index (χ4n) is 2.35. The summed E-state index contributed by atoms with van der Waals surface area (Å²) in [6.45, 7) is 8.12. The van der Waals surface area contributed by atoms with Crippen molar-refractivity contribution in [3.63, 3.8) is 0 Å². The van der Waals surface area contributed by atoms with Gasteiger partial charge < -0.3 is 10.6 Å². The molecule has 2 rings (SSSR count). The molecule has 7 nitrogen and oxygen atoms in total. The highest BCUT2D eigenvalue weighted by atomic mass is 32.1. The average molecular weight is 364 g/mol. The Balaban J connectivity index is 2.35. The van der Waals surface area contributed by atoms with Crippen molar-refractivity contribution in [2.75, 3.05) is 6.54 Å². The van der Waals surface area contributed by atoms with Crippen LogP contribution in [0.2, 0.25) is 0 Å². The van der Waals surface area contributed by atoms with Gasteiger partial charge in [-0.15, -0.1) is 11.3 Å². The van der Waals surface area contributed by atoms with Crippen molar-refractivity contribution in [1.29, 1.82) is 0 Å². The fourth-order valence-corrected chi connectivity index (χ4v) is 3.40. The zero-order valence-electron chi connectivity index (χ0n) is 15.0. The third-order valence-corrected chi connectivity index (χ3v) is 5.20. The number of aromatic nitrogens is 2. The summed E-state index contributed by atoms with van der Waals surface area (Å²) in [6.07, 6.45) is 3.02. The van der Waals surface area contributed by atoms with Gasteiger partial charge in [-0.3, -0.25) is 19.0 Å². The van der Waals surface area contributed by atoms with E-state index >= 15 is 0 Å². The van der Waals surface area contributed by atoms with Gasteiger partial charge in [-0.2, -0.15) is 0 Å². The summed E-state index contributed by atoms with van der Waals surface area (Å²) in [5.41, 5.74) is 0.314. The van der Waals surface area contributed by atoms with Crippen LogP contribution < -0.4 is 16.2 Å². The highest BCUT2D eigenvalue weighted by molar-refractivity contribution is 7.20. The Labute approximate surface area is 150 Å². The van der Waals surface area contributed by atoms with Crippen molar-refractivity contribution in [1.82, 2.24) is 20.2 Å². The number of rotatable bonds is 7. The Morgan fingerprint density at radius 2 is 2.08 bits per heavy atom. The smallest absolute Gasteiger partial charge is 0.262 e. The predicted molar refractivity (Wildman–Crippen MR) is 99.1 cm³/mol. The number of nitrogens with one attached hydrogen (secondary N) is 2. The third-order valence-electron chi connectivity index (χ3n) is 4.00. The van der Waals surface area contributed by atoms with Crippen LogP contribution in [0.15, 0.2) is 11.1 Å². The van der Waals surface area contributed by atoms with Crippen molar-refractivity contribution in [3.05, 3.63) is 27.1 Å². The first-order valence-corrected chi connectivity index (χ1v) is 9.26. The van der Waals surface area contributed by atoms with Crippen LogP contribution in [0.3, 0.4) is 0 Å². The molecule has 136 valence electrons. The lowest BCUT2D eigenvalue weighted by Gasteiger charge is -2.10. The predicted octanol–water partition coefficient (Wildman–Crippen LogP) is 1.82. The molecule has 0 bridgehead atoms. The van der Waals surface area contributed by atoms with Gasteiger partial charge >= 0.3 is 0 Å². The number of nitrogens with zero attached hydrogens (tertiary/aromatic N) is 2. The van der Waals surface area contributed by atoms with Crippen molar-refractivity contribution < 1.29 is 9.59 Å². The molecule has 0 radical (unpaired) electrons. The van der Waals surface area contributed by atoms with E-state index in [2.05, 4.69) is 15.6 Å². The summed E-state index contributed by atoms with van der Waals surface area (Å²) >= 11 is 1.20. The number of hydrogen-bond donors (Lipinski definition) is 2. The van der Waals surface area contributed by atoms with Crippen LogP contribution in [0, 0.1) is 6.92 Å². The molecule has 25 heavy (non-hydrogen) atoms. The fraction of sp³-hybridized carbons (Fsp3) is 0.529. The second-order valence-electron chi connectivity index (χ2n) is 6.05. The molecule has 1 atom stereocenters. The number of aryl methyl sites for hydroxylation is 1. The van der Waals surface area contributed by atoms with Crippen molar-refractivity contribution in [2.24, 2.45) is 0 Å². The number of fused-ring (bicyclic) bond motifs is 1. The van der Waals surface area contributed by atoms with E-state index in [1.54, 1.807) is 6.92 Å². The summed E-state index contributed by atoms with van der Waals surface area (Å²) in [5, 5.41) is 6.05. The summed E-state index contributed by atoms with van der Waals surface area (Å²) in [5.74, 6) is -0.422. The van der Waals surface area contributed by atoms with Gasteiger partial charge in [-0.1, -0.05) is 13.8 Å². The maximum Gasteiger partial charge on any atom is 0.262 e. The molecule has 2 N–H and O–H groups in total. The SMILES string of the molecule is CCCNC(=O)Cn1cnc2sc(C(=O)N[C@H](C)CC)c(C)c2c1=O. The monoisotopic (exact) mass is 364 g/mol. The van der Waals surface area contributed by atoms with Crippen LogP contribution in [0.1, 0.15) is 48.8 Å². The number of hydrogen-bond acceptors (Lipinski definition) is 5. The minimum Gasteiger partial charge on any atom is -0.355 e. The molecule has 0 aliphatic carbocycles. The molecule has 0 spiro atoms. The van der Waals surface area contributed by atoms with Crippen LogP contribution in [0.5, 0.6) is 0 Å². The van der Waals surface area contributed by atoms with E-state index in [9.17, 15) is 14.4 Å². The van der Waals surface area contributed by atoms with E-state index in [0.717, 1.165) is 12.8 Å². The molecular weight excluding hydrogens is 340 g/mol. The van der Waals surface area contributed by atoms with E-state index in [1.165, 1.54) is 22.2 Å². The molecule has 0 saturated heterocycles. The van der Waals surface area contributed by atoms with Crippen LogP contribution in [0.25, 0.3) is 10.2 Å². The Bertz CT molecular complexity index is 840. The summed E-state index contributed by atoms with van der Waals surface area (Å²) in [6, 6.07) is 0.0593. The molecule has 0 aromatic carbocycles. The van der Waals surface area contributed by atoms with Gasteiger partial charge in [-0.05, 0) is 32.3 Å². The lowest BCUT2D eigenvalue weighted by atomic mass is 10.2. The quantitative estimate of drug-likeness (QED) is 0.784. The molecule has 0 fully saturated rings. The summed E-state index contributed by atoms with van der Waals surface area (Å²) in [7, 11) is 0. The van der Waals surface area contributed by atoms with Crippen LogP contribution in [0.4, 0.5) is 0 Å². The molecule has 0 aliphatic heterocycles. The van der Waals surface area contributed by atoms with Gasteiger partial charge in [-0.25, -0.2) is 4.98 Å². The van der Waals surface area contributed by atoms with E-state index < -0.39 is 0 Å². The first-order valence-electron chi connectivity index (χ1n) is 8.45. The Morgan fingerprint density at radius 3 is 2.72 bits per heavy atom. The molecule has 0 saturated carbocycles. The lowest BCUT2D eigenvalue weighted by molar-refractivity contribution is -0.121. The standard InChI is InChI=1S/C17H24N4O3S/c1-5-7-18-12(22)8-21-9-19-16-13(17(21)24)11(4)14(25-16)15(23)20-10(3)6-2/h9-10H,5-8H2,1-4H3,(H,18,22)(H,20,23)/t10-/m1/s1. The largest absolute Gasteiger partial charge is 0.355 e. The molecule has 8 heteroatoms. The zero-order valence-corrected chi connectivity index (χ0v) is 15.8. The van der Waals surface area contributed by atoms with Gasteiger partial charge in [0.2, 0.25) is 5.91 Å². The minimum atomic E-state index is -0.298. The maximum atomic E-state index is 12.7. The van der Waals surface area contributed by atoms with Crippen LogP contribution in [-0.2, 0) is 11.3 Å². The Kier molecular flexibility index (Phi) is 6.30. The van der Waals surface area contributed by atoms with E-state index in [1.807, 2.05) is 20.8 Å². The molecule has 0 unspecified atom stereocenters. The van der Waals surface area contributed by atoms with E-state index in [0.29, 0.717) is 27.2 Å². The molecule has 2 aromatic heterocycles. The zero-order chi connectivity index (χ0) is 18.6. The Morgan fingerprint density at radius 1 is 1.36 bits per heavy atom. The molecule has 2 aromatic rings. The molecular formula is C17H24N4O3S.